The van der Waals surface area contributed by atoms with Crippen LogP contribution in [0.2, 0.25) is 5.02 Å². The minimum atomic E-state index is 0.653. The van der Waals surface area contributed by atoms with Gasteiger partial charge >= 0.3 is 0 Å². The Morgan fingerprint density at radius 1 is 1.14 bits per heavy atom. The maximum atomic E-state index is 6.08. The Hall–Kier alpha value is -1.68. The summed E-state index contributed by atoms with van der Waals surface area (Å²) in [6.45, 7) is 0. The van der Waals surface area contributed by atoms with Crippen LogP contribution in [-0.4, -0.2) is 20.0 Å². The molecule has 5 heteroatoms. The Balaban J connectivity index is 2.67. The van der Waals surface area contributed by atoms with Gasteiger partial charge in [0, 0.05) is 5.39 Å². The van der Waals surface area contributed by atoms with Crippen LogP contribution in [0.25, 0.3) is 16.6 Å². The average molecular weight is 205 g/mol. The number of pyridine rings is 1. The Bertz CT molecular complexity index is 616. The normalized spacial score (nSPS) is 11.2. The third-order valence-electron chi connectivity index (χ3n) is 2.14. The Labute approximate surface area is 84.1 Å². The molecule has 2 heterocycles. The second-order valence-corrected chi connectivity index (χ2v) is 3.37. The largest absolute Gasteiger partial charge is 0.191 e. The van der Waals surface area contributed by atoms with Crippen molar-refractivity contribution in [1.82, 2.24) is 20.0 Å². The number of halogens is 1. The van der Waals surface area contributed by atoms with E-state index in [9.17, 15) is 0 Å². The van der Waals surface area contributed by atoms with E-state index in [1.54, 1.807) is 4.52 Å². The number of aromatic nitrogens is 4. The van der Waals surface area contributed by atoms with Crippen molar-refractivity contribution in [3.63, 3.8) is 0 Å². The number of tetrazole rings is 1. The van der Waals surface area contributed by atoms with Gasteiger partial charge in [0.25, 0.3) is 0 Å². The van der Waals surface area contributed by atoms with E-state index in [4.69, 9.17) is 11.6 Å². The number of nitrogens with zero attached hydrogens (tertiary/aromatic N) is 4. The van der Waals surface area contributed by atoms with Crippen molar-refractivity contribution in [1.29, 1.82) is 0 Å². The number of benzene rings is 1. The van der Waals surface area contributed by atoms with Gasteiger partial charge < -0.3 is 0 Å². The van der Waals surface area contributed by atoms with E-state index < -0.39 is 0 Å². The molecule has 0 atom stereocenters. The first-order valence-electron chi connectivity index (χ1n) is 4.11. The molecule has 3 rings (SSSR count). The van der Waals surface area contributed by atoms with Crippen LogP contribution in [0.3, 0.4) is 0 Å². The van der Waals surface area contributed by atoms with Crippen LogP contribution in [0, 0.1) is 0 Å². The maximum Gasteiger partial charge on any atom is 0.180 e. The van der Waals surface area contributed by atoms with E-state index in [1.165, 1.54) is 0 Å². The van der Waals surface area contributed by atoms with Gasteiger partial charge in [0.15, 0.2) is 5.65 Å². The van der Waals surface area contributed by atoms with E-state index in [2.05, 4.69) is 15.5 Å². The Morgan fingerprint density at radius 2 is 2.07 bits per heavy atom. The first-order valence-corrected chi connectivity index (χ1v) is 4.49. The summed E-state index contributed by atoms with van der Waals surface area (Å²) >= 11 is 6.08. The summed E-state index contributed by atoms with van der Waals surface area (Å²) in [4.78, 5) is 0. The van der Waals surface area contributed by atoms with Gasteiger partial charge in [0.1, 0.15) is 0 Å². The van der Waals surface area contributed by atoms with Gasteiger partial charge in [-0.05, 0) is 28.6 Å². The van der Waals surface area contributed by atoms with Crippen molar-refractivity contribution in [2.24, 2.45) is 0 Å². The van der Waals surface area contributed by atoms with Crippen molar-refractivity contribution in [2.75, 3.05) is 0 Å². The molecule has 0 saturated carbocycles. The Morgan fingerprint density at radius 3 is 3.00 bits per heavy atom. The number of hydrogen-bond acceptors (Lipinski definition) is 3. The monoisotopic (exact) mass is 204 g/mol. The van der Waals surface area contributed by atoms with Gasteiger partial charge in [0.05, 0.1) is 10.5 Å². The van der Waals surface area contributed by atoms with Crippen LogP contribution in [0.5, 0.6) is 0 Å². The number of rotatable bonds is 0. The molecule has 14 heavy (non-hydrogen) atoms. The molecular formula is C9H5ClN4. The molecule has 0 unspecified atom stereocenters. The highest BCUT2D eigenvalue weighted by Gasteiger charge is 2.05. The minimum Gasteiger partial charge on any atom is -0.191 e. The molecule has 0 aliphatic carbocycles. The molecule has 0 fully saturated rings. The topological polar surface area (TPSA) is 43.1 Å². The van der Waals surface area contributed by atoms with Gasteiger partial charge in [-0.3, -0.25) is 0 Å². The number of hydrogen-bond donors (Lipinski definition) is 0. The molecule has 0 aliphatic heterocycles. The predicted molar refractivity (Wildman–Crippen MR) is 53.3 cm³/mol. The van der Waals surface area contributed by atoms with Gasteiger partial charge in [-0.25, -0.2) is 0 Å². The highest BCUT2D eigenvalue weighted by Crippen LogP contribution is 2.22. The summed E-state index contributed by atoms with van der Waals surface area (Å²) in [6.07, 6.45) is 0. The molecule has 0 radical (unpaired) electrons. The van der Waals surface area contributed by atoms with Crippen molar-refractivity contribution >= 4 is 28.2 Å². The summed E-state index contributed by atoms with van der Waals surface area (Å²) in [5.74, 6) is 0. The predicted octanol–water partition coefficient (Wildman–Crippen LogP) is 1.93. The van der Waals surface area contributed by atoms with E-state index in [0.717, 1.165) is 10.9 Å². The van der Waals surface area contributed by atoms with E-state index in [0.29, 0.717) is 10.7 Å². The van der Waals surface area contributed by atoms with E-state index in [-0.39, 0.29) is 0 Å². The summed E-state index contributed by atoms with van der Waals surface area (Å²) in [5, 5.41) is 13.0. The molecule has 0 saturated heterocycles. The molecule has 0 amide bonds. The van der Waals surface area contributed by atoms with E-state index >= 15 is 0 Å². The molecule has 0 spiro atoms. The third-order valence-corrected chi connectivity index (χ3v) is 2.44. The summed E-state index contributed by atoms with van der Waals surface area (Å²) in [5.41, 5.74) is 1.54. The van der Waals surface area contributed by atoms with Crippen LogP contribution in [-0.2, 0) is 0 Å². The fourth-order valence-electron chi connectivity index (χ4n) is 1.51. The molecule has 0 aliphatic rings. The summed E-state index contributed by atoms with van der Waals surface area (Å²) in [7, 11) is 0. The van der Waals surface area contributed by atoms with Crippen LogP contribution in [0.4, 0.5) is 0 Å². The molecule has 4 nitrogen and oxygen atoms in total. The number of fused-ring (bicyclic) bond motifs is 3. The highest BCUT2D eigenvalue weighted by molar-refractivity contribution is 6.35. The van der Waals surface area contributed by atoms with Crippen LogP contribution < -0.4 is 0 Å². The SMILES string of the molecule is Clc1cccc2ccc3nnnn3c12. The van der Waals surface area contributed by atoms with Crippen LogP contribution in [0.15, 0.2) is 30.3 Å². The van der Waals surface area contributed by atoms with Gasteiger partial charge in [-0.1, -0.05) is 23.7 Å². The fraction of sp³-hybridized carbons (Fsp3) is 0. The van der Waals surface area contributed by atoms with Gasteiger partial charge in [-0.15, -0.1) is 5.10 Å². The minimum absolute atomic E-state index is 0.653. The fourth-order valence-corrected chi connectivity index (χ4v) is 1.77. The summed E-state index contributed by atoms with van der Waals surface area (Å²) in [6, 6.07) is 9.51. The Kier molecular flexibility index (Phi) is 1.46. The zero-order chi connectivity index (χ0) is 9.54. The zero-order valence-corrected chi connectivity index (χ0v) is 7.81. The molecule has 0 bridgehead atoms. The van der Waals surface area contributed by atoms with Gasteiger partial charge in [-0.2, -0.15) is 4.52 Å². The molecule has 68 valence electrons. The summed E-state index contributed by atoms with van der Waals surface area (Å²) < 4.78 is 1.64. The number of para-hydroxylation sites is 1. The first kappa shape index (κ1) is 7.70. The second-order valence-electron chi connectivity index (χ2n) is 2.96. The zero-order valence-electron chi connectivity index (χ0n) is 7.05. The first-order chi connectivity index (χ1) is 6.86. The highest BCUT2D eigenvalue weighted by atomic mass is 35.5. The molecule has 1 aromatic carbocycles. The van der Waals surface area contributed by atoms with Crippen LogP contribution in [0.1, 0.15) is 0 Å². The third kappa shape index (κ3) is 0.914. The molecule has 2 aromatic heterocycles. The second kappa shape index (κ2) is 2.65. The van der Waals surface area contributed by atoms with Crippen molar-refractivity contribution in [3.8, 4) is 0 Å². The lowest BCUT2D eigenvalue weighted by Crippen LogP contribution is -1.90. The molecular weight excluding hydrogens is 200 g/mol. The van der Waals surface area contributed by atoms with Crippen molar-refractivity contribution in [3.05, 3.63) is 35.4 Å². The maximum absolute atomic E-state index is 6.08. The lowest BCUT2D eigenvalue weighted by molar-refractivity contribution is 0.842. The van der Waals surface area contributed by atoms with Gasteiger partial charge in [0.2, 0.25) is 0 Å². The van der Waals surface area contributed by atoms with Crippen molar-refractivity contribution < 1.29 is 0 Å². The molecule has 0 N–H and O–H groups in total. The van der Waals surface area contributed by atoms with Crippen molar-refractivity contribution in [2.45, 2.75) is 0 Å². The van der Waals surface area contributed by atoms with E-state index in [1.807, 2.05) is 30.3 Å². The molecule has 3 aromatic rings. The standard InChI is InChI=1S/C9H5ClN4/c10-7-3-1-2-6-4-5-8-11-12-13-14(8)9(6)7/h1-5H. The smallest absolute Gasteiger partial charge is 0.180 e. The average Bonchev–Trinajstić information content (AvgIpc) is 2.65. The lowest BCUT2D eigenvalue weighted by Gasteiger charge is -2.00. The lowest BCUT2D eigenvalue weighted by atomic mass is 10.2. The quantitative estimate of drug-likeness (QED) is 0.562. The van der Waals surface area contributed by atoms with Crippen LogP contribution >= 0.6 is 11.6 Å².